The average Bonchev–Trinajstić information content (AvgIpc) is 2.48. The Balaban J connectivity index is 2.38. The first-order valence-corrected chi connectivity index (χ1v) is 10.9. The molecule has 0 fully saturated rings. The van der Waals surface area contributed by atoms with E-state index < -0.39 is 10.0 Å². The minimum atomic E-state index is -3.21. The van der Waals surface area contributed by atoms with Gasteiger partial charge in [-0.2, -0.15) is 0 Å². The van der Waals surface area contributed by atoms with Gasteiger partial charge in [0.25, 0.3) is 0 Å². The zero-order valence-corrected chi connectivity index (χ0v) is 17.2. The van der Waals surface area contributed by atoms with Crippen molar-refractivity contribution in [3.63, 3.8) is 0 Å². The number of nitrogens with one attached hydrogen (secondary N) is 1. The highest BCUT2D eigenvalue weighted by Gasteiger charge is 2.10. The number of nitrogens with zero attached hydrogens (tertiary/aromatic N) is 1. The molecule has 0 amide bonds. The Hall–Kier alpha value is -1.33. The molecule has 0 spiro atoms. The lowest BCUT2D eigenvalue weighted by Gasteiger charge is -2.23. The molecule has 1 N–H and O–H groups in total. The molecule has 25 heavy (non-hydrogen) atoms. The van der Waals surface area contributed by atoms with Gasteiger partial charge in [0, 0.05) is 12.2 Å². The summed E-state index contributed by atoms with van der Waals surface area (Å²) in [7, 11) is -3.21. The van der Waals surface area contributed by atoms with Gasteiger partial charge in [-0.1, -0.05) is 52.0 Å². The van der Waals surface area contributed by atoms with Gasteiger partial charge in [-0.25, -0.2) is 8.42 Å². The molecule has 0 saturated heterocycles. The van der Waals surface area contributed by atoms with E-state index in [0.717, 1.165) is 37.9 Å². The van der Waals surface area contributed by atoms with Gasteiger partial charge in [-0.3, -0.25) is 4.72 Å². The van der Waals surface area contributed by atoms with Gasteiger partial charge in [0.1, 0.15) is 0 Å². The quantitative estimate of drug-likeness (QED) is 0.658. The molecule has 142 valence electrons. The topological polar surface area (TPSA) is 49.4 Å². The molecule has 0 aliphatic heterocycles. The molecule has 0 aromatic heterocycles. The molecule has 0 heterocycles. The van der Waals surface area contributed by atoms with Crippen molar-refractivity contribution in [1.82, 2.24) is 4.90 Å². The largest absolute Gasteiger partial charge is 0.303 e. The van der Waals surface area contributed by atoms with E-state index in [9.17, 15) is 8.42 Å². The lowest BCUT2D eigenvalue weighted by molar-refractivity contribution is 0.261. The smallest absolute Gasteiger partial charge is 0.229 e. The first-order valence-electron chi connectivity index (χ1n) is 9.06. The van der Waals surface area contributed by atoms with Crippen molar-refractivity contribution in [1.29, 1.82) is 0 Å². The molecule has 0 aliphatic carbocycles. The molecule has 0 saturated carbocycles. The Kier molecular flexibility index (Phi) is 8.66. The second-order valence-corrected chi connectivity index (χ2v) is 9.53. The van der Waals surface area contributed by atoms with Crippen LogP contribution in [0.4, 0.5) is 5.69 Å². The summed E-state index contributed by atoms with van der Waals surface area (Å²) < 4.78 is 24.8. The molecule has 1 aromatic carbocycles. The summed E-state index contributed by atoms with van der Waals surface area (Å²) >= 11 is 0. The third-order valence-corrected chi connectivity index (χ3v) is 4.59. The van der Waals surface area contributed by atoms with Crippen LogP contribution in [-0.2, 0) is 10.0 Å². The zero-order chi connectivity index (χ0) is 18.9. The van der Waals surface area contributed by atoms with E-state index in [1.807, 2.05) is 12.1 Å². The van der Waals surface area contributed by atoms with Crippen LogP contribution in [0.15, 0.2) is 30.3 Å². The van der Waals surface area contributed by atoms with E-state index in [1.54, 1.807) is 12.1 Å². The summed E-state index contributed by atoms with van der Waals surface area (Å²) in [5.74, 6) is 0. The molecule has 0 unspecified atom stereocenters. The SMILES string of the molecule is CCN(CC/C=C/c1ccc(NS(C)(=O)=O)cc1)CCCC(C)(C)C. The van der Waals surface area contributed by atoms with E-state index >= 15 is 0 Å². The summed E-state index contributed by atoms with van der Waals surface area (Å²) in [5, 5.41) is 0. The maximum Gasteiger partial charge on any atom is 0.229 e. The van der Waals surface area contributed by atoms with Crippen LogP contribution >= 0.6 is 0 Å². The van der Waals surface area contributed by atoms with Crippen LogP contribution < -0.4 is 4.72 Å². The van der Waals surface area contributed by atoms with Gasteiger partial charge in [-0.05, 0) is 55.5 Å². The highest BCUT2D eigenvalue weighted by molar-refractivity contribution is 7.92. The monoisotopic (exact) mass is 366 g/mol. The Morgan fingerprint density at radius 2 is 1.76 bits per heavy atom. The predicted molar refractivity (Wildman–Crippen MR) is 109 cm³/mol. The molecule has 5 heteroatoms. The fourth-order valence-electron chi connectivity index (χ4n) is 2.61. The predicted octanol–water partition coefficient (Wildman–Crippen LogP) is 4.61. The van der Waals surface area contributed by atoms with Gasteiger partial charge in [0.2, 0.25) is 10.0 Å². The van der Waals surface area contributed by atoms with Gasteiger partial charge >= 0.3 is 0 Å². The molecule has 1 rings (SSSR count). The molecule has 0 radical (unpaired) electrons. The Bertz CT molecular complexity index is 629. The van der Waals surface area contributed by atoms with E-state index in [4.69, 9.17) is 0 Å². The Labute approximate surface area is 154 Å². The number of sulfonamides is 1. The molecule has 0 aliphatic rings. The number of anilines is 1. The molecule has 0 bridgehead atoms. The lowest BCUT2D eigenvalue weighted by atomic mass is 9.90. The fraction of sp³-hybridized carbons (Fsp3) is 0.600. The van der Waals surface area contributed by atoms with Crippen molar-refractivity contribution in [2.24, 2.45) is 5.41 Å². The zero-order valence-electron chi connectivity index (χ0n) is 16.4. The van der Waals surface area contributed by atoms with Crippen molar-refractivity contribution >= 4 is 21.8 Å². The van der Waals surface area contributed by atoms with E-state index in [0.29, 0.717) is 11.1 Å². The second kappa shape index (κ2) is 9.97. The standard InChI is InChI=1S/C20H34N2O2S/c1-6-22(17-9-15-20(2,3)4)16-8-7-10-18-11-13-19(14-12-18)21-25(5,23)24/h7,10-14,21H,6,8-9,15-17H2,1-5H3/b10-7+. The van der Waals surface area contributed by atoms with Crippen molar-refractivity contribution < 1.29 is 8.42 Å². The third-order valence-electron chi connectivity index (χ3n) is 3.98. The van der Waals surface area contributed by atoms with Gasteiger partial charge in [0.05, 0.1) is 6.26 Å². The van der Waals surface area contributed by atoms with Crippen molar-refractivity contribution in [2.45, 2.75) is 47.0 Å². The van der Waals surface area contributed by atoms with Crippen molar-refractivity contribution in [3.05, 3.63) is 35.9 Å². The number of rotatable bonds is 10. The number of benzene rings is 1. The van der Waals surface area contributed by atoms with E-state index in [2.05, 4.69) is 49.5 Å². The van der Waals surface area contributed by atoms with Crippen LogP contribution in [-0.4, -0.2) is 39.2 Å². The molecule has 4 nitrogen and oxygen atoms in total. The summed E-state index contributed by atoms with van der Waals surface area (Å²) in [6, 6.07) is 7.41. The van der Waals surface area contributed by atoms with E-state index in [-0.39, 0.29) is 0 Å². The minimum absolute atomic E-state index is 0.414. The van der Waals surface area contributed by atoms with Gasteiger partial charge in [0.15, 0.2) is 0 Å². The van der Waals surface area contributed by atoms with Crippen LogP contribution in [0.5, 0.6) is 0 Å². The van der Waals surface area contributed by atoms with Crippen LogP contribution in [0.3, 0.4) is 0 Å². The Morgan fingerprint density at radius 1 is 1.12 bits per heavy atom. The van der Waals surface area contributed by atoms with Gasteiger partial charge in [-0.15, -0.1) is 0 Å². The fourth-order valence-corrected chi connectivity index (χ4v) is 3.18. The van der Waals surface area contributed by atoms with Gasteiger partial charge < -0.3 is 4.90 Å². The summed E-state index contributed by atoms with van der Waals surface area (Å²) in [5.41, 5.74) is 2.09. The second-order valence-electron chi connectivity index (χ2n) is 7.79. The van der Waals surface area contributed by atoms with Crippen molar-refractivity contribution in [2.75, 3.05) is 30.6 Å². The highest BCUT2D eigenvalue weighted by atomic mass is 32.2. The number of hydrogen-bond acceptors (Lipinski definition) is 3. The summed E-state index contributed by atoms with van der Waals surface area (Å²) in [4.78, 5) is 2.50. The first kappa shape index (κ1) is 21.7. The van der Waals surface area contributed by atoms with Crippen LogP contribution in [0, 0.1) is 5.41 Å². The van der Waals surface area contributed by atoms with Crippen LogP contribution in [0.25, 0.3) is 6.08 Å². The maximum absolute atomic E-state index is 11.2. The van der Waals surface area contributed by atoms with Crippen LogP contribution in [0.2, 0.25) is 0 Å². The maximum atomic E-state index is 11.2. The molecule has 1 aromatic rings. The third kappa shape index (κ3) is 11.0. The molecule has 0 atom stereocenters. The summed E-state index contributed by atoms with van der Waals surface area (Å²) in [6.07, 6.45) is 8.95. The first-order chi connectivity index (χ1) is 11.6. The molecular formula is C20H34N2O2S. The lowest BCUT2D eigenvalue weighted by Crippen LogP contribution is -2.26. The average molecular weight is 367 g/mol. The Morgan fingerprint density at radius 3 is 2.28 bits per heavy atom. The highest BCUT2D eigenvalue weighted by Crippen LogP contribution is 2.20. The molecular weight excluding hydrogens is 332 g/mol. The van der Waals surface area contributed by atoms with Crippen molar-refractivity contribution in [3.8, 4) is 0 Å². The van der Waals surface area contributed by atoms with Crippen LogP contribution in [0.1, 0.15) is 52.5 Å². The summed E-state index contributed by atoms with van der Waals surface area (Å²) in [6.45, 7) is 12.4. The normalized spacial score (nSPS) is 12.9. The minimum Gasteiger partial charge on any atom is -0.303 e. The van der Waals surface area contributed by atoms with E-state index in [1.165, 1.54) is 12.8 Å². The number of hydrogen-bond donors (Lipinski definition) is 1.